The number of allylic oxidation sites excluding steroid dienone is 19. The molecule has 0 saturated heterocycles. The van der Waals surface area contributed by atoms with Gasteiger partial charge in [0, 0.05) is 6.42 Å². The van der Waals surface area contributed by atoms with E-state index in [0.717, 1.165) is 96.3 Å². The Kier molecular flexibility index (Phi) is 56.4. The van der Waals surface area contributed by atoms with Gasteiger partial charge in [-0.2, -0.15) is 0 Å². The fourth-order valence-electron chi connectivity index (χ4n) is 8.25. The standard InChI is InChI=1S/C65H111NO3/c1-3-5-7-9-11-13-15-17-19-21-23-25-27-29-31-32-33-35-36-38-40-42-44-46-48-50-52-54-56-58-60-64(68)63(62-67)66-65(69)61-59-57-55-53-51-49-47-45-43-41-39-37-34-30-28-26-24-22-20-18-16-14-12-10-8-6-4-2/h6,8,12,14,18,20,24,26,30,34,39,41-42,44-45,47,50,52,58,60,63-64,67-68H,3-5,7,9-11,13,15-17,19,21-23,25,27-29,31-33,35-38,40,43,46,48-49,51,53-57,59,61-62H2,1-2H3,(H,66,69)/b8-6-,14-12-,20-18-,26-24-,34-30-,41-39-,44-42+,47-45-,52-50+,60-58+. The minimum absolute atomic E-state index is 0.100. The molecule has 0 aliphatic carbocycles. The molecule has 0 aliphatic rings. The quantitative estimate of drug-likeness (QED) is 0.0420. The lowest BCUT2D eigenvalue weighted by atomic mass is 10.0. The summed E-state index contributed by atoms with van der Waals surface area (Å²) in [5.74, 6) is -0.100. The molecule has 0 saturated carbocycles. The number of rotatable bonds is 52. The summed E-state index contributed by atoms with van der Waals surface area (Å²) in [5, 5.41) is 23.1. The third-order valence-corrected chi connectivity index (χ3v) is 12.7. The molecule has 69 heavy (non-hydrogen) atoms. The molecular formula is C65H111NO3. The van der Waals surface area contributed by atoms with Crippen molar-refractivity contribution in [2.75, 3.05) is 6.61 Å². The van der Waals surface area contributed by atoms with Gasteiger partial charge in [-0.3, -0.25) is 4.79 Å². The lowest BCUT2D eigenvalue weighted by Gasteiger charge is -2.19. The Morgan fingerprint density at radius 1 is 0.362 bits per heavy atom. The van der Waals surface area contributed by atoms with Crippen LogP contribution in [0, 0.1) is 0 Å². The average Bonchev–Trinajstić information content (AvgIpc) is 3.35. The van der Waals surface area contributed by atoms with Crippen LogP contribution in [0.25, 0.3) is 0 Å². The van der Waals surface area contributed by atoms with Crippen LogP contribution in [0.5, 0.6) is 0 Å². The van der Waals surface area contributed by atoms with Crippen molar-refractivity contribution in [2.24, 2.45) is 0 Å². The van der Waals surface area contributed by atoms with Gasteiger partial charge in [0.25, 0.3) is 0 Å². The van der Waals surface area contributed by atoms with Gasteiger partial charge in [-0.1, -0.05) is 277 Å². The van der Waals surface area contributed by atoms with E-state index in [1.165, 1.54) is 148 Å². The van der Waals surface area contributed by atoms with Crippen LogP contribution in [0.2, 0.25) is 0 Å². The van der Waals surface area contributed by atoms with Gasteiger partial charge in [0.15, 0.2) is 0 Å². The molecule has 2 unspecified atom stereocenters. The van der Waals surface area contributed by atoms with Crippen molar-refractivity contribution < 1.29 is 15.0 Å². The summed E-state index contributed by atoms with van der Waals surface area (Å²) in [5.41, 5.74) is 0. The van der Waals surface area contributed by atoms with Crippen molar-refractivity contribution in [3.63, 3.8) is 0 Å². The van der Waals surface area contributed by atoms with Crippen molar-refractivity contribution in [3.8, 4) is 0 Å². The summed E-state index contributed by atoms with van der Waals surface area (Å²) < 4.78 is 0. The van der Waals surface area contributed by atoms with Crippen LogP contribution in [0.1, 0.15) is 264 Å². The zero-order valence-corrected chi connectivity index (χ0v) is 45.3. The van der Waals surface area contributed by atoms with E-state index in [1.807, 2.05) is 6.08 Å². The molecule has 0 spiro atoms. The molecular weight excluding hydrogens is 843 g/mol. The van der Waals surface area contributed by atoms with Crippen LogP contribution >= 0.6 is 0 Å². The molecule has 0 aliphatic heterocycles. The van der Waals surface area contributed by atoms with E-state index in [0.29, 0.717) is 6.42 Å². The van der Waals surface area contributed by atoms with Crippen LogP contribution < -0.4 is 5.32 Å². The van der Waals surface area contributed by atoms with E-state index in [-0.39, 0.29) is 12.5 Å². The number of carbonyl (C=O) groups excluding carboxylic acids is 1. The van der Waals surface area contributed by atoms with E-state index >= 15 is 0 Å². The average molecular weight is 955 g/mol. The number of aliphatic hydroxyl groups is 2. The van der Waals surface area contributed by atoms with Crippen molar-refractivity contribution in [2.45, 2.75) is 276 Å². The van der Waals surface area contributed by atoms with E-state index in [4.69, 9.17) is 0 Å². The van der Waals surface area contributed by atoms with E-state index < -0.39 is 12.1 Å². The molecule has 4 heteroatoms. The number of unbranched alkanes of at least 4 members (excludes halogenated alkanes) is 27. The van der Waals surface area contributed by atoms with Crippen LogP contribution in [-0.4, -0.2) is 34.9 Å². The van der Waals surface area contributed by atoms with Gasteiger partial charge >= 0.3 is 0 Å². The molecule has 4 nitrogen and oxygen atoms in total. The molecule has 0 radical (unpaired) electrons. The largest absolute Gasteiger partial charge is 0.394 e. The van der Waals surface area contributed by atoms with Gasteiger partial charge in [-0.15, -0.1) is 0 Å². The molecule has 0 aromatic heterocycles. The smallest absolute Gasteiger partial charge is 0.220 e. The Morgan fingerprint density at radius 3 is 1.01 bits per heavy atom. The molecule has 0 aromatic carbocycles. The first kappa shape index (κ1) is 65.8. The van der Waals surface area contributed by atoms with Crippen LogP contribution in [0.4, 0.5) is 0 Å². The highest BCUT2D eigenvalue weighted by molar-refractivity contribution is 5.76. The molecule has 2 atom stereocenters. The molecule has 0 heterocycles. The lowest BCUT2D eigenvalue weighted by molar-refractivity contribution is -0.123. The van der Waals surface area contributed by atoms with Crippen molar-refractivity contribution >= 4 is 5.91 Å². The summed E-state index contributed by atoms with van der Waals surface area (Å²) in [6.07, 6.45) is 90.8. The topological polar surface area (TPSA) is 69.6 Å². The molecule has 0 aromatic rings. The van der Waals surface area contributed by atoms with Crippen LogP contribution in [-0.2, 0) is 4.79 Å². The maximum Gasteiger partial charge on any atom is 0.220 e. The first-order valence-electron chi connectivity index (χ1n) is 29.2. The number of amides is 1. The zero-order valence-electron chi connectivity index (χ0n) is 45.3. The van der Waals surface area contributed by atoms with Crippen molar-refractivity contribution in [3.05, 3.63) is 122 Å². The zero-order chi connectivity index (χ0) is 49.9. The second-order valence-corrected chi connectivity index (χ2v) is 19.3. The van der Waals surface area contributed by atoms with Gasteiger partial charge in [-0.25, -0.2) is 0 Å². The Labute approximate surface area is 428 Å². The molecule has 3 N–H and O–H groups in total. The number of hydrogen-bond donors (Lipinski definition) is 3. The van der Waals surface area contributed by atoms with E-state index in [2.05, 4.69) is 129 Å². The van der Waals surface area contributed by atoms with Gasteiger partial charge in [0.05, 0.1) is 18.8 Å². The predicted molar refractivity (Wildman–Crippen MR) is 308 cm³/mol. The summed E-state index contributed by atoms with van der Waals surface area (Å²) in [6.45, 7) is 4.18. The van der Waals surface area contributed by atoms with Gasteiger partial charge < -0.3 is 15.5 Å². The Hall–Kier alpha value is -3.21. The molecule has 1 amide bonds. The van der Waals surface area contributed by atoms with E-state index in [1.54, 1.807) is 6.08 Å². The van der Waals surface area contributed by atoms with Crippen molar-refractivity contribution in [1.82, 2.24) is 5.32 Å². The highest BCUT2D eigenvalue weighted by Gasteiger charge is 2.17. The fourth-order valence-corrected chi connectivity index (χ4v) is 8.25. The number of carbonyl (C=O) groups is 1. The molecule has 394 valence electrons. The highest BCUT2D eigenvalue weighted by atomic mass is 16.3. The first-order valence-corrected chi connectivity index (χ1v) is 29.2. The molecule has 0 fully saturated rings. The van der Waals surface area contributed by atoms with Gasteiger partial charge in [0.2, 0.25) is 5.91 Å². The normalized spacial score (nSPS) is 13.7. The third kappa shape index (κ3) is 55.6. The third-order valence-electron chi connectivity index (χ3n) is 12.7. The minimum atomic E-state index is -0.890. The van der Waals surface area contributed by atoms with E-state index in [9.17, 15) is 15.0 Å². The summed E-state index contributed by atoms with van der Waals surface area (Å²) in [4.78, 5) is 12.5. The maximum atomic E-state index is 12.5. The second kappa shape index (κ2) is 59.1. The van der Waals surface area contributed by atoms with Gasteiger partial charge in [0.1, 0.15) is 0 Å². The van der Waals surface area contributed by atoms with Crippen LogP contribution in [0.3, 0.4) is 0 Å². The fraction of sp³-hybridized carbons (Fsp3) is 0.677. The van der Waals surface area contributed by atoms with Gasteiger partial charge in [-0.05, 0) is 103 Å². The highest BCUT2D eigenvalue weighted by Crippen LogP contribution is 2.16. The van der Waals surface area contributed by atoms with Crippen molar-refractivity contribution in [1.29, 1.82) is 0 Å². The maximum absolute atomic E-state index is 12.5. The second-order valence-electron chi connectivity index (χ2n) is 19.3. The SMILES string of the molecule is CC/C=C\C/C=C\C/C=C\C/C=C\C/C=C\C/C=C\C/C=C\CCCCCCCC(=O)NC(CO)C(O)/C=C/CC/C=C/CC/C=C/CCCCCCCCCCCCCCCCCCCCCC. The lowest BCUT2D eigenvalue weighted by Crippen LogP contribution is -2.45. The Morgan fingerprint density at radius 2 is 0.652 bits per heavy atom. The van der Waals surface area contributed by atoms with Crippen LogP contribution in [0.15, 0.2) is 122 Å². The summed E-state index contributed by atoms with van der Waals surface area (Å²) in [6, 6.07) is -0.667. The number of nitrogens with one attached hydrogen (secondary N) is 1. The first-order chi connectivity index (χ1) is 34.2. The molecule has 0 rings (SSSR count). The number of hydrogen-bond acceptors (Lipinski definition) is 3. The minimum Gasteiger partial charge on any atom is -0.394 e. The summed E-state index contributed by atoms with van der Waals surface area (Å²) in [7, 11) is 0. The Balaban J connectivity index is 3.65. The number of aliphatic hydroxyl groups excluding tert-OH is 2. The Bertz CT molecular complexity index is 1360. The monoisotopic (exact) mass is 954 g/mol. The summed E-state index contributed by atoms with van der Waals surface area (Å²) >= 11 is 0. The molecule has 0 bridgehead atoms. The predicted octanol–water partition coefficient (Wildman–Crippen LogP) is 19.6.